The van der Waals surface area contributed by atoms with Gasteiger partial charge < -0.3 is 15.5 Å². The lowest BCUT2D eigenvalue weighted by atomic mass is 10.1. The molecule has 0 bridgehead atoms. The Morgan fingerprint density at radius 2 is 2.18 bits per heavy atom. The summed E-state index contributed by atoms with van der Waals surface area (Å²) >= 11 is 6.12. The fourth-order valence-corrected chi connectivity index (χ4v) is 4.08. The van der Waals surface area contributed by atoms with Gasteiger partial charge in [-0.3, -0.25) is 9.59 Å². The van der Waals surface area contributed by atoms with Crippen LogP contribution in [0.5, 0.6) is 0 Å². The molecule has 0 aliphatic carbocycles. The number of nitrogens with zero attached hydrogens (tertiary/aromatic N) is 5. The van der Waals surface area contributed by atoms with Gasteiger partial charge in [0, 0.05) is 18.1 Å². The number of carbonyl (C=O) groups excluding carboxylic acids is 2. The number of hydrogen-bond donors (Lipinski definition) is 2. The number of carbonyl (C=O) groups is 2. The summed E-state index contributed by atoms with van der Waals surface area (Å²) in [7, 11) is 0. The van der Waals surface area contributed by atoms with Crippen molar-refractivity contribution in [3.63, 3.8) is 0 Å². The number of rotatable bonds is 5. The van der Waals surface area contributed by atoms with Crippen molar-refractivity contribution in [3.05, 3.63) is 35.1 Å². The molecule has 2 amide bonds. The summed E-state index contributed by atoms with van der Waals surface area (Å²) in [6.45, 7) is 1.76. The lowest BCUT2D eigenvalue weighted by molar-refractivity contribution is -0.139. The Kier molecular flexibility index (Phi) is 5.54. The second-order valence-corrected chi connectivity index (χ2v) is 7.52. The minimum absolute atomic E-state index is 0.0345. The maximum absolute atomic E-state index is 12.8. The first-order valence-electron chi connectivity index (χ1n) is 9.47. The number of amides is 2. The van der Waals surface area contributed by atoms with Crippen LogP contribution in [0.3, 0.4) is 0 Å². The highest BCUT2D eigenvalue weighted by Crippen LogP contribution is 2.22. The van der Waals surface area contributed by atoms with Crippen LogP contribution in [0.2, 0.25) is 5.02 Å². The monoisotopic (exact) mass is 403 g/mol. The Morgan fingerprint density at radius 3 is 2.93 bits per heavy atom. The van der Waals surface area contributed by atoms with E-state index in [-0.39, 0.29) is 24.4 Å². The molecule has 2 aliphatic heterocycles. The lowest BCUT2D eigenvalue weighted by Crippen LogP contribution is -2.51. The molecular formula is C18H22ClN7O2. The second kappa shape index (κ2) is 8.24. The summed E-state index contributed by atoms with van der Waals surface area (Å²) in [5.41, 5.74) is 1.53. The van der Waals surface area contributed by atoms with E-state index < -0.39 is 6.04 Å². The number of hydrogen-bond acceptors (Lipinski definition) is 6. The quantitative estimate of drug-likeness (QED) is 0.760. The largest absolute Gasteiger partial charge is 0.350 e. The van der Waals surface area contributed by atoms with Crippen LogP contribution in [0.1, 0.15) is 31.2 Å². The Morgan fingerprint density at radius 1 is 1.29 bits per heavy atom. The van der Waals surface area contributed by atoms with Crippen LogP contribution in [0.15, 0.2) is 24.5 Å². The number of likely N-dealkylation sites (tertiary alicyclic amines) is 1. The van der Waals surface area contributed by atoms with Gasteiger partial charge in [-0.25, -0.2) is 4.68 Å². The number of nitrogens with one attached hydrogen (secondary N) is 2. The predicted octanol–water partition coefficient (Wildman–Crippen LogP) is 0.675. The summed E-state index contributed by atoms with van der Waals surface area (Å²) in [5.74, 6) is -0.112. The average molecular weight is 404 g/mol. The molecule has 10 heteroatoms. The molecule has 28 heavy (non-hydrogen) atoms. The highest BCUT2D eigenvalue weighted by atomic mass is 35.5. The van der Waals surface area contributed by atoms with E-state index in [9.17, 15) is 9.59 Å². The summed E-state index contributed by atoms with van der Waals surface area (Å²) in [5, 5.41) is 17.9. The van der Waals surface area contributed by atoms with E-state index in [2.05, 4.69) is 26.2 Å². The molecule has 148 valence electrons. The van der Waals surface area contributed by atoms with Gasteiger partial charge in [0.05, 0.1) is 11.7 Å². The van der Waals surface area contributed by atoms with Crippen LogP contribution in [-0.4, -0.2) is 62.1 Å². The molecule has 2 N–H and O–H groups in total. The van der Waals surface area contributed by atoms with E-state index >= 15 is 0 Å². The molecule has 2 unspecified atom stereocenters. The Labute approximate surface area is 167 Å². The zero-order chi connectivity index (χ0) is 19.5. The predicted molar refractivity (Wildman–Crippen MR) is 102 cm³/mol. The van der Waals surface area contributed by atoms with Gasteiger partial charge in [-0.1, -0.05) is 11.6 Å². The molecule has 0 saturated carbocycles. The standard InChI is InChI=1S/C18H22ClN7O2/c19-13-5-6-15(26-11-22-23-24-26)12(9-13)10-21-17(27)16-4-2-8-25(16)18(28)14-3-1-7-20-14/h5-6,9,11,14,16,20H,1-4,7-8,10H2,(H,21,27). The van der Waals surface area contributed by atoms with Gasteiger partial charge in [0.1, 0.15) is 12.4 Å². The van der Waals surface area contributed by atoms with Crippen molar-refractivity contribution >= 4 is 23.4 Å². The third kappa shape index (κ3) is 3.85. The molecule has 2 saturated heterocycles. The van der Waals surface area contributed by atoms with E-state index in [0.29, 0.717) is 18.0 Å². The maximum Gasteiger partial charge on any atom is 0.243 e. The molecule has 3 heterocycles. The van der Waals surface area contributed by atoms with E-state index in [1.165, 1.54) is 11.0 Å². The number of aromatic nitrogens is 4. The van der Waals surface area contributed by atoms with Crippen LogP contribution in [-0.2, 0) is 16.1 Å². The molecule has 1 aromatic carbocycles. The zero-order valence-electron chi connectivity index (χ0n) is 15.3. The van der Waals surface area contributed by atoms with Gasteiger partial charge in [-0.2, -0.15) is 0 Å². The highest BCUT2D eigenvalue weighted by Gasteiger charge is 2.37. The summed E-state index contributed by atoms with van der Waals surface area (Å²) in [6.07, 6.45) is 4.83. The molecule has 2 aromatic rings. The van der Waals surface area contributed by atoms with E-state index in [4.69, 9.17) is 11.6 Å². The second-order valence-electron chi connectivity index (χ2n) is 7.08. The van der Waals surface area contributed by atoms with Crippen LogP contribution in [0, 0.1) is 0 Å². The van der Waals surface area contributed by atoms with E-state index in [1.807, 2.05) is 0 Å². The van der Waals surface area contributed by atoms with Crippen molar-refractivity contribution in [2.24, 2.45) is 0 Å². The SMILES string of the molecule is O=C(NCc1cc(Cl)ccc1-n1cnnn1)C1CCCN1C(=O)C1CCCN1. The van der Waals surface area contributed by atoms with Crippen LogP contribution < -0.4 is 10.6 Å². The zero-order valence-corrected chi connectivity index (χ0v) is 16.1. The third-order valence-corrected chi connectivity index (χ3v) is 5.52. The Bertz CT molecular complexity index is 852. The van der Waals surface area contributed by atoms with Crippen molar-refractivity contribution < 1.29 is 9.59 Å². The van der Waals surface area contributed by atoms with Crippen molar-refractivity contribution in [2.45, 2.75) is 44.3 Å². The normalized spacial score (nSPS) is 21.8. The van der Waals surface area contributed by atoms with Crippen LogP contribution >= 0.6 is 11.6 Å². The minimum atomic E-state index is -0.425. The van der Waals surface area contributed by atoms with Crippen molar-refractivity contribution in [2.75, 3.05) is 13.1 Å². The van der Waals surface area contributed by atoms with Gasteiger partial charge in [0.15, 0.2) is 0 Å². The molecule has 2 fully saturated rings. The number of halogens is 1. The lowest BCUT2D eigenvalue weighted by Gasteiger charge is -2.26. The van der Waals surface area contributed by atoms with E-state index in [0.717, 1.165) is 37.1 Å². The molecule has 2 aliphatic rings. The average Bonchev–Trinajstić information content (AvgIpc) is 3.47. The number of tetrazole rings is 1. The number of benzene rings is 1. The van der Waals surface area contributed by atoms with Crippen LogP contribution in [0.4, 0.5) is 0 Å². The fourth-order valence-electron chi connectivity index (χ4n) is 3.89. The first-order valence-corrected chi connectivity index (χ1v) is 9.84. The molecule has 4 rings (SSSR count). The molecule has 0 radical (unpaired) electrons. The summed E-state index contributed by atoms with van der Waals surface area (Å²) in [4.78, 5) is 27.3. The van der Waals surface area contributed by atoms with Gasteiger partial charge in [0.2, 0.25) is 11.8 Å². The van der Waals surface area contributed by atoms with Gasteiger partial charge in [-0.05, 0) is 66.4 Å². The fraction of sp³-hybridized carbons (Fsp3) is 0.500. The summed E-state index contributed by atoms with van der Waals surface area (Å²) < 4.78 is 1.52. The molecule has 0 spiro atoms. The molecule has 2 atom stereocenters. The summed E-state index contributed by atoms with van der Waals surface area (Å²) in [6, 6.07) is 4.74. The topological polar surface area (TPSA) is 105 Å². The van der Waals surface area contributed by atoms with Crippen LogP contribution in [0.25, 0.3) is 5.69 Å². The minimum Gasteiger partial charge on any atom is -0.350 e. The van der Waals surface area contributed by atoms with Gasteiger partial charge >= 0.3 is 0 Å². The van der Waals surface area contributed by atoms with E-state index in [1.54, 1.807) is 23.1 Å². The smallest absolute Gasteiger partial charge is 0.243 e. The van der Waals surface area contributed by atoms with Crippen molar-refractivity contribution in [1.82, 2.24) is 35.7 Å². The first kappa shape index (κ1) is 18.8. The maximum atomic E-state index is 12.8. The first-order chi connectivity index (χ1) is 13.6. The molecule has 1 aromatic heterocycles. The Hall–Kier alpha value is -2.52. The van der Waals surface area contributed by atoms with Crippen molar-refractivity contribution in [3.8, 4) is 5.69 Å². The Balaban J connectivity index is 1.44. The molecular weight excluding hydrogens is 382 g/mol. The molecule has 9 nitrogen and oxygen atoms in total. The highest BCUT2D eigenvalue weighted by molar-refractivity contribution is 6.30. The van der Waals surface area contributed by atoms with Gasteiger partial charge in [0.25, 0.3) is 0 Å². The van der Waals surface area contributed by atoms with Crippen molar-refractivity contribution in [1.29, 1.82) is 0 Å². The van der Waals surface area contributed by atoms with Gasteiger partial charge in [-0.15, -0.1) is 5.10 Å². The third-order valence-electron chi connectivity index (χ3n) is 5.29.